The molecule has 8 heteroatoms. The van der Waals surface area contributed by atoms with Gasteiger partial charge in [0, 0.05) is 18.8 Å². The van der Waals surface area contributed by atoms with E-state index in [1.807, 2.05) is 0 Å². The number of nitrogens with two attached hydrogens (primary N) is 1. The van der Waals surface area contributed by atoms with Gasteiger partial charge in [-0.3, -0.25) is 14.7 Å². The normalized spacial score (nSPS) is 18.6. The van der Waals surface area contributed by atoms with Crippen molar-refractivity contribution >= 4 is 11.9 Å². The summed E-state index contributed by atoms with van der Waals surface area (Å²) in [4.78, 5) is 22.8. The Bertz CT molecular complexity index is 1160. The third-order valence-electron chi connectivity index (χ3n) is 5.15. The molecule has 0 saturated carbocycles. The van der Waals surface area contributed by atoms with E-state index >= 15 is 0 Å². The molecular weight excluding hydrogens is 393 g/mol. The van der Waals surface area contributed by atoms with Gasteiger partial charge in [-0.25, -0.2) is 18.2 Å². The van der Waals surface area contributed by atoms with Crippen LogP contribution in [0.5, 0.6) is 0 Å². The fourth-order valence-corrected chi connectivity index (χ4v) is 3.56. The standard InChI is InChI=1S/C22H17F3N4O/c1-29-20(30)22(28-21(29)26,15-8-9-27-17(10-15)12-23)14-4-7-19(25)18(11-14)13-2-5-16(24)6-3-13/h2-11H,12H2,1H3,(H2,26,28). The quantitative estimate of drug-likeness (QED) is 0.715. The maximum absolute atomic E-state index is 14.6. The molecule has 30 heavy (non-hydrogen) atoms. The number of guanidine groups is 1. The van der Waals surface area contributed by atoms with Crippen LogP contribution < -0.4 is 5.73 Å². The molecule has 0 aliphatic carbocycles. The van der Waals surface area contributed by atoms with E-state index in [-0.39, 0.29) is 17.2 Å². The molecule has 5 nitrogen and oxygen atoms in total. The Kier molecular flexibility index (Phi) is 4.77. The first-order chi connectivity index (χ1) is 14.4. The number of aliphatic imine (C=N–C) groups is 1. The molecule has 1 amide bonds. The fraction of sp³-hybridized carbons (Fsp3) is 0.136. The number of rotatable bonds is 4. The number of carbonyl (C=O) groups excluding carboxylic acids is 1. The lowest BCUT2D eigenvalue weighted by Crippen LogP contribution is -2.41. The topological polar surface area (TPSA) is 71.6 Å². The summed E-state index contributed by atoms with van der Waals surface area (Å²) >= 11 is 0. The average molecular weight is 410 g/mol. The minimum absolute atomic E-state index is 0.0220. The van der Waals surface area contributed by atoms with Crippen LogP contribution in [0.25, 0.3) is 11.1 Å². The lowest BCUT2D eigenvalue weighted by Gasteiger charge is -2.27. The molecule has 2 aromatic carbocycles. The lowest BCUT2D eigenvalue weighted by atomic mass is 9.81. The van der Waals surface area contributed by atoms with Crippen molar-refractivity contribution in [1.82, 2.24) is 9.88 Å². The van der Waals surface area contributed by atoms with Gasteiger partial charge in [-0.15, -0.1) is 0 Å². The van der Waals surface area contributed by atoms with Crippen molar-refractivity contribution in [2.45, 2.75) is 12.2 Å². The number of aromatic nitrogens is 1. The largest absolute Gasteiger partial charge is 0.369 e. The van der Waals surface area contributed by atoms with Crippen LogP contribution in [0.1, 0.15) is 16.8 Å². The molecule has 4 rings (SSSR count). The Morgan fingerprint density at radius 3 is 2.37 bits per heavy atom. The second-order valence-electron chi connectivity index (χ2n) is 6.92. The number of hydrogen-bond donors (Lipinski definition) is 1. The SMILES string of the molecule is CN1C(=O)C(c2ccnc(CF)c2)(c2ccc(F)c(-c3ccc(F)cc3)c2)N=C1N. The van der Waals surface area contributed by atoms with Gasteiger partial charge in [-0.1, -0.05) is 18.2 Å². The first kappa shape index (κ1) is 19.6. The number of amides is 1. The van der Waals surface area contributed by atoms with Crippen LogP contribution in [0.2, 0.25) is 0 Å². The number of nitrogens with zero attached hydrogens (tertiary/aromatic N) is 3. The van der Waals surface area contributed by atoms with E-state index in [1.165, 1.54) is 66.7 Å². The van der Waals surface area contributed by atoms with Crippen LogP contribution >= 0.6 is 0 Å². The molecule has 2 heterocycles. The van der Waals surface area contributed by atoms with Crippen molar-refractivity contribution < 1.29 is 18.0 Å². The zero-order valence-corrected chi connectivity index (χ0v) is 15.9. The molecule has 0 bridgehead atoms. The van der Waals surface area contributed by atoms with Crippen molar-refractivity contribution in [3.8, 4) is 11.1 Å². The van der Waals surface area contributed by atoms with Crippen molar-refractivity contribution in [1.29, 1.82) is 0 Å². The van der Waals surface area contributed by atoms with E-state index in [0.717, 1.165) is 0 Å². The molecule has 1 atom stereocenters. The van der Waals surface area contributed by atoms with Gasteiger partial charge in [0.1, 0.15) is 18.3 Å². The van der Waals surface area contributed by atoms with E-state index in [2.05, 4.69) is 9.98 Å². The second kappa shape index (κ2) is 7.29. The van der Waals surface area contributed by atoms with Gasteiger partial charge < -0.3 is 5.73 Å². The summed E-state index contributed by atoms with van der Waals surface area (Å²) in [6.07, 6.45) is 1.38. The fourth-order valence-electron chi connectivity index (χ4n) is 3.56. The van der Waals surface area contributed by atoms with Crippen LogP contribution in [0.4, 0.5) is 13.2 Å². The Hall–Kier alpha value is -3.68. The Morgan fingerprint density at radius 2 is 1.73 bits per heavy atom. The molecule has 1 aliphatic heterocycles. The Balaban J connectivity index is 1.96. The van der Waals surface area contributed by atoms with Crippen molar-refractivity contribution in [3.05, 3.63) is 89.2 Å². The summed E-state index contributed by atoms with van der Waals surface area (Å²) in [5, 5.41) is 0. The molecule has 2 N–H and O–H groups in total. The van der Waals surface area contributed by atoms with Crippen LogP contribution in [0, 0.1) is 11.6 Å². The third-order valence-corrected chi connectivity index (χ3v) is 5.15. The lowest BCUT2D eigenvalue weighted by molar-refractivity contribution is -0.129. The van der Waals surface area contributed by atoms with E-state index in [9.17, 15) is 18.0 Å². The summed E-state index contributed by atoms with van der Waals surface area (Å²) in [5.41, 5.74) is 5.75. The summed E-state index contributed by atoms with van der Waals surface area (Å²) in [5.74, 6) is -1.48. The summed E-state index contributed by atoms with van der Waals surface area (Å²) < 4.78 is 41.2. The van der Waals surface area contributed by atoms with Gasteiger partial charge in [-0.05, 0) is 53.1 Å². The van der Waals surface area contributed by atoms with E-state index < -0.39 is 29.8 Å². The highest BCUT2D eigenvalue weighted by Gasteiger charge is 2.49. The van der Waals surface area contributed by atoms with Gasteiger partial charge in [0.05, 0.1) is 5.69 Å². The number of alkyl halides is 1. The summed E-state index contributed by atoms with van der Waals surface area (Å²) in [6, 6.07) is 12.4. The highest BCUT2D eigenvalue weighted by atomic mass is 19.1. The summed E-state index contributed by atoms with van der Waals surface area (Å²) in [7, 11) is 1.48. The first-order valence-corrected chi connectivity index (χ1v) is 9.07. The Labute approximate surface area is 170 Å². The molecular formula is C22H17F3N4O. The van der Waals surface area contributed by atoms with Gasteiger partial charge in [-0.2, -0.15) is 0 Å². The smallest absolute Gasteiger partial charge is 0.266 e. The van der Waals surface area contributed by atoms with Crippen LogP contribution in [-0.4, -0.2) is 28.8 Å². The molecule has 0 spiro atoms. The van der Waals surface area contributed by atoms with Crippen LogP contribution in [0.15, 0.2) is 65.8 Å². The first-order valence-electron chi connectivity index (χ1n) is 9.07. The predicted molar refractivity (Wildman–Crippen MR) is 106 cm³/mol. The number of likely N-dealkylation sites (N-methyl/N-ethyl adjacent to an activating group) is 1. The van der Waals surface area contributed by atoms with E-state index in [0.29, 0.717) is 16.7 Å². The number of benzene rings is 2. The van der Waals surface area contributed by atoms with Crippen molar-refractivity contribution in [2.75, 3.05) is 7.05 Å². The molecule has 3 aromatic rings. The van der Waals surface area contributed by atoms with Gasteiger partial charge >= 0.3 is 0 Å². The van der Waals surface area contributed by atoms with Crippen molar-refractivity contribution in [3.63, 3.8) is 0 Å². The van der Waals surface area contributed by atoms with Crippen molar-refractivity contribution in [2.24, 2.45) is 10.7 Å². The molecule has 0 radical (unpaired) electrons. The zero-order chi connectivity index (χ0) is 21.5. The molecule has 1 aromatic heterocycles. The highest BCUT2D eigenvalue weighted by molar-refractivity contribution is 6.09. The minimum Gasteiger partial charge on any atom is -0.369 e. The maximum atomic E-state index is 14.6. The van der Waals surface area contributed by atoms with Crippen LogP contribution in [0.3, 0.4) is 0 Å². The molecule has 1 unspecified atom stereocenters. The number of pyridine rings is 1. The summed E-state index contributed by atoms with van der Waals surface area (Å²) in [6.45, 7) is -0.822. The molecule has 1 aliphatic rings. The Morgan fingerprint density at radius 1 is 1.03 bits per heavy atom. The van der Waals surface area contributed by atoms with Gasteiger partial charge in [0.25, 0.3) is 5.91 Å². The number of hydrogen-bond acceptors (Lipinski definition) is 4. The van der Waals surface area contributed by atoms with E-state index in [4.69, 9.17) is 5.73 Å². The number of carbonyl (C=O) groups is 1. The van der Waals surface area contributed by atoms with Gasteiger partial charge in [0.15, 0.2) is 11.5 Å². The third kappa shape index (κ3) is 3.01. The highest BCUT2D eigenvalue weighted by Crippen LogP contribution is 2.41. The second-order valence-corrected chi connectivity index (χ2v) is 6.92. The van der Waals surface area contributed by atoms with Gasteiger partial charge in [0.2, 0.25) is 0 Å². The zero-order valence-electron chi connectivity index (χ0n) is 15.9. The number of halogens is 3. The molecule has 0 fully saturated rings. The minimum atomic E-state index is -1.62. The maximum Gasteiger partial charge on any atom is 0.266 e. The predicted octanol–water partition coefficient (Wildman–Crippen LogP) is 3.53. The van der Waals surface area contributed by atoms with Crippen LogP contribution in [-0.2, 0) is 17.0 Å². The molecule has 0 saturated heterocycles. The monoisotopic (exact) mass is 410 g/mol. The van der Waals surface area contributed by atoms with E-state index in [1.54, 1.807) is 6.07 Å². The average Bonchev–Trinajstić information content (AvgIpc) is 2.99. The molecule has 152 valence electrons.